The van der Waals surface area contributed by atoms with E-state index in [1.54, 1.807) is 17.8 Å². The average molecular weight is 410 g/mol. The molecule has 5 heteroatoms. The van der Waals surface area contributed by atoms with Crippen LogP contribution < -0.4 is 5.56 Å². The zero-order valence-corrected chi connectivity index (χ0v) is 18.3. The molecule has 3 aliphatic heterocycles. The number of aromatic nitrogens is 1. The normalized spacial score (nSPS) is 25.7. The zero-order valence-electron chi connectivity index (χ0n) is 17.5. The third kappa shape index (κ3) is 3.69. The molecule has 1 aromatic heterocycles. The highest BCUT2D eigenvalue weighted by Crippen LogP contribution is 2.41. The lowest BCUT2D eigenvalue weighted by molar-refractivity contribution is 0.0519. The number of hydrogen-bond acceptors (Lipinski definition) is 4. The summed E-state index contributed by atoms with van der Waals surface area (Å²) in [5.41, 5.74) is 3.95. The van der Waals surface area contributed by atoms with Gasteiger partial charge in [0, 0.05) is 53.8 Å². The number of benzene rings is 1. The molecule has 2 atom stereocenters. The second kappa shape index (κ2) is 7.93. The Balaban J connectivity index is 1.49. The largest absolute Gasteiger partial charge is 0.311 e. The average Bonchev–Trinajstić information content (AvgIpc) is 2.75. The lowest BCUT2D eigenvalue weighted by atomic mass is 9.79. The Bertz CT molecular complexity index is 930. The Kier molecular flexibility index (Phi) is 5.31. The fourth-order valence-corrected chi connectivity index (χ4v) is 6.13. The van der Waals surface area contributed by atoms with Crippen LogP contribution in [0, 0.1) is 5.92 Å². The van der Waals surface area contributed by atoms with Crippen LogP contribution in [0.4, 0.5) is 0 Å². The molecule has 1 aromatic carbocycles. The third-order valence-electron chi connectivity index (χ3n) is 7.22. The molecule has 154 valence electrons. The Morgan fingerprint density at radius 3 is 2.45 bits per heavy atom. The first kappa shape index (κ1) is 19.4. The molecular formula is C24H31N3OS. The lowest BCUT2D eigenvalue weighted by Crippen LogP contribution is -2.53. The van der Waals surface area contributed by atoms with Gasteiger partial charge in [-0.3, -0.25) is 9.69 Å². The van der Waals surface area contributed by atoms with Gasteiger partial charge in [-0.15, -0.1) is 11.8 Å². The minimum absolute atomic E-state index is 0.173. The second-order valence-corrected chi connectivity index (χ2v) is 9.98. The van der Waals surface area contributed by atoms with Crippen LogP contribution in [0.5, 0.6) is 0 Å². The molecule has 3 aliphatic rings. The molecule has 4 heterocycles. The smallest absolute Gasteiger partial charge is 0.250 e. The number of rotatable bonds is 3. The standard InChI is InChI=1S/C24H31N3OS/c1-25-11-9-20(10-12-25)26-14-17-13-19(16-26)24-22(7-8-23(28)27(24)15-17)18-3-5-21(29-2)6-4-18/h3-8,17,19-20H,9-16H2,1-2H3. The van der Waals surface area contributed by atoms with Crippen molar-refractivity contribution in [2.75, 3.05) is 39.5 Å². The molecule has 0 aliphatic carbocycles. The Morgan fingerprint density at radius 2 is 1.72 bits per heavy atom. The van der Waals surface area contributed by atoms with Gasteiger partial charge >= 0.3 is 0 Å². The van der Waals surface area contributed by atoms with E-state index < -0.39 is 0 Å². The number of hydrogen-bond donors (Lipinski definition) is 0. The SMILES string of the molecule is CSc1ccc(-c2ccc(=O)n3c2C2CC(CN(C4CCN(C)CC4)C2)C3)cc1. The maximum Gasteiger partial charge on any atom is 0.250 e. The van der Waals surface area contributed by atoms with Gasteiger partial charge in [-0.2, -0.15) is 0 Å². The highest BCUT2D eigenvalue weighted by molar-refractivity contribution is 7.98. The molecule has 0 N–H and O–H groups in total. The van der Waals surface area contributed by atoms with Crippen molar-refractivity contribution in [3.8, 4) is 11.1 Å². The van der Waals surface area contributed by atoms with Crippen LogP contribution in [0.2, 0.25) is 0 Å². The zero-order chi connectivity index (χ0) is 20.0. The number of piperidine rings is 2. The van der Waals surface area contributed by atoms with Gasteiger partial charge in [0.2, 0.25) is 0 Å². The van der Waals surface area contributed by atoms with Crippen molar-refractivity contribution in [2.24, 2.45) is 5.92 Å². The molecule has 0 saturated carbocycles. The van der Waals surface area contributed by atoms with Crippen LogP contribution in [-0.2, 0) is 6.54 Å². The minimum Gasteiger partial charge on any atom is -0.311 e. The van der Waals surface area contributed by atoms with E-state index in [9.17, 15) is 4.79 Å². The molecule has 2 saturated heterocycles. The van der Waals surface area contributed by atoms with Crippen LogP contribution in [0.25, 0.3) is 11.1 Å². The summed E-state index contributed by atoms with van der Waals surface area (Å²) < 4.78 is 2.10. The predicted octanol–water partition coefficient (Wildman–Crippen LogP) is 3.75. The van der Waals surface area contributed by atoms with Crippen LogP contribution in [0.1, 0.15) is 30.9 Å². The number of likely N-dealkylation sites (tertiary alicyclic amines) is 2. The number of fused-ring (bicyclic) bond motifs is 4. The van der Waals surface area contributed by atoms with Crippen molar-refractivity contribution >= 4 is 11.8 Å². The predicted molar refractivity (Wildman–Crippen MR) is 121 cm³/mol. The number of pyridine rings is 1. The van der Waals surface area contributed by atoms with Gasteiger partial charge in [-0.05, 0) is 75.3 Å². The summed E-state index contributed by atoms with van der Waals surface area (Å²) in [6.45, 7) is 5.55. The summed E-state index contributed by atoms with van der Waals surface area (Å²) >= 11 is 1.77. The van der Waals surface area contributed by atoms with E-state index in [0.717, 1.165) is 19.6 Å². The van der Waals surface area contributed by atoms with Crippen LogP contribution in [-0.4, -0.2) is 59.9 Å². The van der Waals surface area contributed by atoms with E-state index in [4.69, 9.17) is 0 Å². The first-order chi connectivity index (χ1) is 14.1. The Morgan fingerprint density at radius 1 is 0.966 bits per heavy atom. The van der Waals surface area contributed by atoms with Gasteiger partial charge in [0.15, 0.2) is 0 Å². The second-order valence-electron chi connectivity index (χ2n) is 9.10. The summed E-state index contributed by atoms with van der Waals surface area (Å²) in [5.74, 6) is 1.07. The topological polar surface area (TPSA) is 28.5 Å². The van der Waals surface area contributed by atoms with E-state index in [1.165, 1.54) is 54.1 Å². The highest BCUT2D eigenvalue weighted by atomic mass is 32.2. The fraction of sp³-hybridized carbons (Fsp3) is 0.542. The molecule has 2 aromatic rings. The maximum atomic E-state index is 12.7. The molecule has 0 spiro atoms. The highest BCUT2D eigenvalue weighted by Gasteiger charge is 2.38. The lowest BCUT2D eigenvalue weighted by Gasteiger charge is -2.47. The molecule has 4 nitrogen and oxygen atoms in total. The Hall–Kier alpha value is -1.56. The van der Waals surface area contributed by atoms with Crippen molar-refractivity contribution < 1.29 is 0 Å². The summed E-state index contributed by atoms with van der Waals surface area (Å²) in [6.07, 6.45) is 5.89. The minimum atomic E-state index is 0.173. The summed E-state index contributed by atoms with van der Waals surface area (Å²) in [5, 5.41) is 0. The van der Waals surface area contributed by atoms with E-state index >= 15 is 0 Å². The number of thioether (sulfide) groups is 1. The van der Waals surface area contributed by atoms with Crippen molar-refractivity contribution in [1.29, 1.82) is 0 Å². The molecule has 2 unspecified atom stereocenters. The Labute approximate surface area is 177 Å². The first-order valence-corrected chi connectivity index (χ1v) is 12.2. The van der Waals surface area contributed by atoms with E-state index in [-0.39, 0.29) is 5.56 Å². The summed E-state index contributed by atoms with van der Waals surface area (Å²) in [6, 6.07) is 13.4. The van der Waals surface area contributed by atoms with Crippen LogP contribution >= 0.6 is 11.8 Å². The molecule has 0 amide bonds. The monoisotopic (exact) mass is 409 g/mol. The van der Waals surface area contributed by atoms with Crippen molar-refractivity contribution in [3.05, 3.63) is 52.4 Å². The van der Waals surface area contributed by atoms with Gasteiger partial charge in [0.05, 0.1) is 0 Å². The van der Waals surface area contributed by atoms with Gasteiger partial charge < -0.3 is 9.47 Å². The quantitative estimate of drug-likeness (QED) is 0.722. The van der Waals surface area contributed by atoms with Gasteiger partial charge in [-0.25, -0.2) is 0 Å². The van der Waals surface area contributed by atoms with Gasteiger partial charge in [-0.1, -0.05) is 12.1 Å². The fourth-order valence-electron chi connectivity index (χ4n) is 5.72. The van der Waals surface area contributed by atoms with Crippen molar-refractivity contribution in [3.63, 3.8) is 0 Å². The summed E-state index contributed by atoms with van der Waals surface area (Å²) in [7, 11) is 2.23. The van der Waals surface area contributed by atoms with Gasteiger partial charge in [0.25, 0.3) is 5.56 Å². The van der Waals surface area contributed by atoms with Crippen molar-refractivity contribution in [2.45, 2.75) is 42.7 Å². The summed E-state index contributed by atoms with van der Waals surface area (Å²) in [4.78, 5) is 19.2. The molecule has 29 heavy (non-hydrogen) atoms. The molecule has 5 rings (SSSR count). The van der Waals surface area contributed by atoms with E-state index in [2.05, 4.69) is 58.0 Å². The first-order valence-electron chi connectivity index (χ1n) is 10.9. The van der Waals surface area contributed by atoms with E-state index in [1.807, 2.05) is 0 Å². The van der Waals surface area contributed by atoms with E-state index in [0.29, 0.717) is 17.9 Å². The molecular weight excluding hydrogens is 378 g/mol. The van der Waals surface area contributed by atoms with Crippen molar-refractivity contribution in [1.82, 2.24) is 14.4 Å². The maximum absolute atomic E-state index is 12.7. The molecule has 0 radical (unpaired) electrons. The van der Waals surface area contributed by atoms with Crippen LogP contribution in [0.3, 0.4) is 0 Å². The molecule has 2 bridgehead atoms. The molecule has 2 fully saturated rings. The third-order valence-corrected chi connectivity index (χ3v) is 7.97. The van der Waals surface area contributed by atoms with Crippen LogP contribution in [0.15, 0.2) is 46.1 Å². The number of nitrogens with zero attached hydrogens (tertiary/aromatic N) is 3. The van der Waals surface area contributed by atoms with Gasteiger partial charge in [0.1, 0.15) is 0 Å².